The summed E-state index contributed by atoms with van der Waals surface area (Å²) in [7, 11) is 0. The molecule has 8 nitrogen and oxygen atoms in total. The van der Waals surface area contributed by atoms with Gasteiger partial charge in [0.2, 0.25) is 0 Å². The summed E-state index contributed by atoms with van der Waals surface area (Å²) < 4.78 is 1.76. The Morgan fingerprint density at radius 3 is 2.50 bits per heavy atom. The van der Waals surface area contributed by atoms with Crippen molar-refractivity contribution in [2.45, 2.75) is 12.6 Å². The van der Waals surface area contributed by atoms with Crippen molar-refractivity contribution in [3.63, 3.8) is 0 Å². The Bertz CT molecular complexity index is 1080. The van der Waals surface area contributed by atoms with Crippen molar-refractivity contribution >= 4 is 22.8 Å². The second-order valence-corrected chi connectivity index (χ2v) is 6.17. The highest BCUT2D eigenvalue weighted by molar-refractivity contribution is 5.88. The molecule has 4 aromatic rings. The molecule has 0 bridgehead atoms. The third-order valence-electron chi connectivity index (χ3n) is 4.28. The van der Waals surface area contributed by atoms with Gasteiger partial charge in [0.1, 0.15) is 6.33 Å². The number of rotatable bonds is 6. The van der Waals surface area contributed by atoms with Gasteiger partial charge in [0, 0.05) is 0 Å². The van der Waals surface area contributed by atoms with Crippen molar-refractivity contribution < 1.29 is 9.90 Å². The van der Waals surface area contributed by atoms with Crippen molar-refractivity contribution in [2.75, 3.05) is 5.43 Å². The first-order valence-electron chi connectivity index (χ1n) is 8.71. The minimum atomic E-state index is -1.29. The maximum Gasteiger partial charge on any atom is 0.271 e. The first-order chi connectivity index (χ1) is 13.7. The SMILES string of the molecule is O=C(NNc1ncnc2c1cnn2Cc1ccccc1)[C@@H](O)c1ccccc1. The molecule has 2 aromatic heterocycles. The van der Waals surface area contributed by atoms with Gasteiger partial charge in [0.05, 0.1) is 18.1 Å². The number of benzene rings is 2. The number of carbonyl (C=O) groups is 1. The highest BCUT2D eigenvalue weighted by Crippen LogP contribution is 2.19. The van der Waals surface area contributed by atoms with E-state index < -0.39 is 12.0 Å². The van der Waals surface area contributed by atoms with E-state index in [1.807, 2.05) is 36.4 Å². The van der Waals surface area contributed by atoms with Gasteiger partial charge in [0.15, 0.2) is 17.6 Å². The lowest BCUT2D eigenvalue weighted by atomic mass is 10.1. The monoisotopic (exact) mass is 374 g/mol. The number of aromatic nitrogens is 4. The topological polar surface area (TPSA) is 105 Å². The van der Waals surface area contributed by atoms with Crippen LogP contribution >= 0.6 is 0 Å². The molecule has 4 rings (SSSR count). The van der Waals surface area contributed by atoms with Crippen LogP contribution in [0.5, 0.6) is 0 Å². The molecule has 1 amide bonds. The highest BCUT2D eigenvalue weighted by atomic mass is 16.3. The molecule has 0 saturated carbocycles. The Morgan fingerprint density at radius 2 is 1.75 bits per heavy atom. The molecular weight excluding hydrogens is 356 g/mol. The summed E-state index contributed by atoms with van der Waals surface area (Å²) in [5.74, 6) is -0.187. The van der Waals surface area contributed by atoms with Crippen LogP contribution in [0, 0.1) is 0 Å². The van der Waals surface area contributed by atoms with Crippen molar-refractivity contribution in [1.82, 2.24) is 25.2 Å². The van der Waals surface area contributed by atoms with E-state index in [2.05, 4.69) is 25.9 Å². The largest absolute Gasteiger partial charge is 0.378 e. The quantitative estimate of drug-likeness (QED) is 0.446. The molecule has 0 aliphatic carbocycles. The second kappa shape index (κ2) is 7.85. The van der Waals surface area contributed by atoms with Gasteiger partial charge in [-0.25, -0.2) is 14.6 Å². The summed E-state index contributed by atoms with van der Waals surface area (Å²) in [5, 5.41) is 15.2. The van der Waals surface area contributed by atoms with Crippen molar-refractivity contribution in [3.8, 4) is 0 Å². The van der Waals surface area contributed by atoms with Gasteiger partial charge in [-0.3, -0.25) is 15.6 Å². The van der Waals surface area contributed by atoms with Gasteiger partial charge in [-0.05, 0) is 11.1 Å². The highest BCUT2D eigenvalue weighted by Gasteiger charge is 2.17. The third kappa shape index (κ3) is 3.67. The van der Waals surface area contributed by atoms with Crippen LogP contribution in [0.2, 0.25) is 0 Å². The van der Waals surface area contributed by atoms with Gasteiger partial charge in [-0.1, -0.05) is 60.7 Å². The third-order valence-corrected chi connectivity index (χ3v) is 4.28. The molecule has 0 saturated heterocycles. The number of fused-ring (bicyclic) bond motifs is 1. The predicted molar refractivity (Wildman–Crippen MR) is 104 cm³/mol. The Labute approximate surface area is 160 Å². The number of hydrogen-bond acceptors (Lipinski definition) is 6. The van der Waals surface area contributed by atoms with Gasteiger partial charge in [0.25, 0.3) is 5.91 Å². The molecular formula is C20H18N6O2. The molecule has 0 radical (unpaired) electrons. The van der Waals surface area contributed by atoms with Crippen LogP contribution in [0.3, 0.4) is 0 Å². The van der Waals surface area contributed by atoms with Crippen LogP contribution in [0.1, 0.15) is 17.2 Å². The second-order valence-electron chi connectivity index (χ2n) is 6.17. The summed E-state index contributed by atoms with van der Waals surface area (Å²) >= 11 is 0. The molecule has 0 spiro atoms. The Morgan fingerprint density at radius 1 is 1.04 bits per heavy atom. The van der Waals surface area contributed by atoms with E-state index in [-0.39, 0.29) is 0 Å². The van der Waals surface area contributed by atoms with E-state index in [4.69, 9.17) is 0 Å². The summed E-state index contributed by atoms with van der Waals surface area (Å²) in [5.41, 5.74) is 7.47. The lowest BCUT2D eigenvalue weighted by molar-refractivity contribution is -0.129. The predicted octanol–water partition coefficient (Wildman–Crippen LogP) is 2.05. The van der Waals surface area contributed by atoms with Crippen LogP contribution in [0.4, 0.5) is 5.82 Å². The minimum absolute atomic E-state index is 0.401. The number of nitrogens with one attached hydrogen (secondary N) is 2. The minimum Gasteiger partial charge on any atom is -0.378 e. The van der Waals surface area contributed by atoms with E-state index in [1.54, 1.807) is 35.1 Å². The van der Waals surface area contributed by atoms with Crippen molar-refractivity contribution in [3.05, 3.63) is 84.3 Å². The van der Waals surface area contributed by atoms with E-state index in [0.29, 0.717) is 29.0 Å². The Hall–Kier alpha value is -3.78. The van der Waals surface area contributed by atoms with E-state index in [0.717, 1.165) is 5.56 Å². The van der Waals surface area contributed by atoms with Gasteiger partial charge in [-0.15, -0.1) is 0 Å². The number of hydrogen-bond donors (Lipinski definition) is 3. The fraction of sp³-hybridized carbons (Fsp3) is 0.100. The molecule has 2 heterocycles. The van der Waals surface area contributed by atoms with Crippen LogP contribution in [-0.4, -0.2) is 30.8 Å². The molecule has 1 atom stereocenters. The Balaban J connectivity index is 1.49. The lowest BCUT2D eigenvalue weighted by Gasteiger charge is -2.13. The molecule has 140 valence electrons. The first-order valence-corrected chi connectivity index (χ1v) is 8.71. The van der Waals surface area contributed by atoms with E-state index >= 15 is 0 Å². The van der Waals surface area contributed by atoms with Gasteiger partial charge >= 0.3 is 0 Å². The smallest absolute Gasteiger partial charge is 0.271 e. The molecule has 2 aromatic carbocycles. The van der Waals surface area contributed by atoms with Crippen LogP contribution in [-0.2, 0) is 11.3 Å². The van der Waals surface area contributed by atoms with Crippen LogP contribution in [0.25, 0.3) is 11.0 Å². The molecule has 0 aliphatic rings. The normalized spacial score (nSPS) is 11.9. The molecule has 0 aliphatic heterocycles. The fourth-order valence-electron chi connectivity index (χ4n) is 2.84. The number of amides is 1. The maximum atomic E-state index is 12.2. The van der Waals surface area contributed by atoms with Crippen LogP contribution < -0.4 is 10.9 Å². The lowest BCUT2D eigenvalue weighted by Crippen LogP contribution is -2.34. The average Bonchev–Trinajstić information content (AvgIpc) is 3.16. The summed E-state index contributed by atoms with van der Waals surface area (Å²) in [6.45, 7) is 0.569. The Kier molecular flexibility index (Phi) is 4.94. The standard InChI is InChI=1S/C20H18N6O2/c27-17(15-9-5-2-6-10-15)20(28)25-24-18-16-11-23-26(19(16)22-13-21-18)12-14-7-3-1-4-8-14/h1-11,13,17,27H,12H2,(H,25,28)(H,21,22,24)/t17-/m0/s1. The first kappa shape index (κ1) is 17.6. The fourth-order valence-corrected chi connectivity index (χ4v) is 2.84. The van der Waals surface area contributed by atoms with Crippen molar-refractivity contribution in [2.24, 2.45) is 0 Å². The average molecular weight is 374 g/mol. The number of carbonyl (C=O) groups excluding carboxylic acids is 1. The zero-order chi connectivity index (χ0) is 19.3. The van der Waals surface area contributed by atoms with E-state index in [1.165, 1.54) is 6.33 Å². The van der Waals surface area contributed by atoms with Gasteiger partial charge in [-0.2, -0.15) is 5.10 Å². The number of aliphatic hydroxyl groups excluding tert-OH is 1. The summed E-state index contributed by atoms with van der Waals surface area (Å²) in [6.07, 6.45) is 1.75. The number of hydrazine groups is 1. The number of aliphatic hydroxyl groups is 1. The molecule has 8 heteroatoms. The van der Waals surface area contributed by atoms with E-state index in [9.17, 15) is 9.90 Å². The summed E-state index contributed by atoms with van der Waals surface area (Å²) in [4.78, 5) is 20.7. The zero-order valence-electron chi connectivity index (χ0n) is 14.9. The molecule has 28 heavy (non-hydrogen) atoms. The molecule has 3 N–H and O–H groups in total. The zero-order valence-corrected chi connectivity index (χ0v) is 14.9. The van der Waals surface area contributed by atoms with Gasteiger partial charge < -0.3 is 5.11 Å². The number of nitrogens with zero attached hydrogens (tertiary/aromatic N) is 4. The molecule has 0 fully saturated rings. The molecule has 0 unspecified atom stereocenters. The van der Waals surface area contributed by atoms with Crippen LogP contribution in [0.15, 0.2) is 73.2 Å². The summed E-state index contributed by atoms with van der Waals surface area (Å²) in [6, 6.07) is 18.6. The van der Waals surface area contributed by atoms with Crippen molar-refractivity contribution in [1.29, 1.82) is 0 Å². The number of anilines is 1. The maximum absolute atomic E-state index is 12.2.